The van der Waals surface area contributed by atoms with Crippen molar-refractivity contribution in [3.63, 3.8) is 0 Å². The summed E-state index contributed by atoms with van der Waals surface area (Å²) in [4.78, 5) is 8.79. The fraction of sp³-hybridized carbons (Fsp3) is 0.111. The van der Waals surface area contributed by atoms with Crippen LogP contribution in [-0.2, 0) is 0 Å². The van der Waals surface area contributed by atoms with Crippen LogP contribution >= 0.6 is 15.9 Å². The molecule has 0 amide bonds. The summed E-state index contributed by atoms with van der Waals surface area (Å²) in [5, 5.41) is 6.55. The molecule has 0 aliphatic carbocycles. The first kappa shape index (κ1) is 15.5. The van der Waals surface area contributed by atoms with Gasteiger partial charge in [0.1, 0.15) is 5.82 Å². The Bertz CT molecular complexity index is 833. The Labute approximate surface area is 144 Å². The highest BCUT2D eigenvalue weighted by Gasteiger charge is 2.03. The minimum Gasteiger partial charge on any atom is -0.340 e. The Hall–Kier alpha value is -2.40. The Morgan fingerprint density at radius 3 is 2.52 bits per heavy atom. The van der Waals surface area contributed by atoms with Crippen molar-refractivity contribution in [1.82, 2.24) is 9.97 Å². The van der Waals surface area contributed by atoms with Gasteiger partial charge in [0.25, 0.3) is 0 Å². The lowest BCUT2D eigenvalue weighted by molar-refractivity contribution is 1.16. The van der Waals surface area contributed by atoms with Gasteiger partial charge >= 0.3 is 0 Å². The van der Waals surface area contributed by atoms with Gasteiger partial charge in [0, 0.05) is 22.0 Å². The normalized spacial score (nSPS) is 10.4. The maximum absolute atomic E-state index is 4.51. The summed E-state index contributed by atoms with van der Waals surface area (Å²) in [7, 11) is 0. The molecule has 0 unspecified atom stereocenters. The zero-order valence-electron chi connectivity index (χ0n) is 13.0. The van der Waals surface area contributed by atoms with Crippen molar-refractivity contribution >= 4 is 39.1 Å². The molecule has 3 rings (SSSR count). The average molecular weight is 369 g/mol. The molecule has 1 aromatic heterocycles. The number of aryl methyl sites for hydroxylation is 2. The van der Waals surface area contributed by atoms with E-state index in [0.717, 1.165) is 27.2 Å². The van der Waals surface area contributed by atoms with Crippen LogP contribution in [0.5, 0.6) is 0 Å². The van der Waals surface area contributed by atoms with Gasteiger partial charge in [-0.05, 0) is 55.3 Å². The van der Waals surface area contributed by atoms with E-state index in [2.05, 4.69) is 55.6 Å². The molecule has 4 nitrogen and oxygen atoms in total. The van der Waals surface area contributed by atoms with E-state index in [1.807, 2.05) is 43.3 Å². The molecule has 23 heavy (non-hydrogen) atoms. The zero-order chi connectivity index (χ0) is 16.2. The molecule has 0 saturated carbocycles. The quantitative estimate of drug-likeness (QED) is 0.652. The van der Waals surface area contributed by atoms with Crippen LogP contribution in [0.3, 0.4) is 0 Å². The van der Waals surface area contributed by atoms with Gasteiger partial charge in [-0.15, -0.1) is 0 Å². The van der Waals surface area contributed by atoms with E-state index in [1.165, 1.54) is 5.56 Å². The van der Waals surface area contributed by atoms with Crippen LogP contribution in [0.25, 0.3) is 0 Å². The van der Waals surface area contributed by atoms with Crippen LogP contribution in [-0.4, -0.2) is 9.97 Å². The summed E-state index contributed by atoms with van der Waals surface area (Å²) in [5.41, 5.74) is 4.32. The third kappa shape index (κ3) is 3.87. The number of nitrogens with zero attached hydrogens (tertiary/aromatic N) is 2. The first-order chi connectivity index (χ1) is 11.1. The molecule has 5 heteroatoms. The maximum atomic E-state index is 4.51. The molecule has 0 aliphatic heterocycles. The maximum Gasteiger partial charge on any atom is 0.229 e. The first-order valence-corrected chi connectivity index (χ1v) is 8.10. The van der Waals surface area contributed by atoms with E-state index in [0.29, 0.717) is 5.95 Å². The van der Waals surface area contributed by atoms with E-state index in [1.54, 1.807) is 6.20 Å². The van der Waals surface area contributed by atoms with Gasteiger partial charge in [0.15, 0.2) is 0 Å². The molecule has 0 fully saturated rings. The van der Waals surface area contributed by atoms with Crippen molar-refractivity contribution in [3.8, 4) is 0 Å². The highest BCUT2D eigenvalue weighted by atomic mass is 79.9. The van der Waals surface area contributed by atoms with Gasteiger partial charge in [-0.3, -0.25) is 0 Å². The molecule has 3 aromatic rings. The summed E-state index contributed by atoms with van der Waals surface area (Å²) < 4.78 is 1.08. The van der Waals surface area contributed by atoms with Gasteiger partial charge in [-0.25, -0.2) is 4.98 Å². The summed E-state index contributed by atoms with van der Waals surface area (Å²) in [5.74, 6) is 1.32. The number of anilines is 4. The summed E-state index contributed by atoms with van der Waals surface area (Å²) >= 11 is 3.50. The van der Waals surface area contributed by atoms with E-state index in [9.17, 15) is 0 Å². The number of hydrogen-bond acceptors (Lipinski definition) is 4. The van der Waals surface area contributed by atoms with Crippen molar-refractivity contribution in [2.24, 2.45) is 0 Å². The SMILES string of the molecule is Cc1cc(Nc2nccc(Nc3ccccc3C)n2)ccc1Br. The molecule has 0 bridgehead atoms. The van der Waals surface area contributed by atoms with Crippen LogP contribution in [0.4, 0.5) is 23.1 Å². The minimum absolute atomic E-state index is 0.560. The van der Waals surface area contributed by atoms with Crippen molar-refractivity contribution < 1.29 is 0 Å². The Morgan fingerprint density at radius 1 is 0.913 bits per heavy atom. The van der Waals surface area contributed by atoms with E-state index < -0.39 is 0 Å². The first-order valence-electron chi connectivity index (χ1n) is 7.31. The number of rotatable bonds is 4. The van der Waals surface area contributed by atoms with E-state index in [-0.39, 0.29) is 0 Å². The number of halogens is 1. The lowest BCUT2D eigenvalue weighted by Crippen LogP contribution is -2.01. The Morgan fingerprint density at radius 2 is 1.74 bits per heavy atom. The fourth-order valence-electron chi connectivity index (χ4n) is 2.19. The predicted octanol–water partition coefficient (Wildman–Crippen LogP) is 5.34. The zero-order valence-corrected chi connectivity index (χ0v) is 14.6. The summed E-state index contributed by atoms with van der Waals surface area (Å²) in [6, 6.07) is 16.0. The number of benzene rings is 2. The van der Waals surface area contributed by atoms with E-state index >= 15 is 0 Å². The smallest absolute Gasteiger partial charge is 0.229 e. The standard InChI is InChI=1S/C18H17BrN4/c1-12-5-3-4-6-16(12)22-17-9-10-20-18(23-17)21-14-7-8-15(19)13(2)11-14/h3-11H,1-2H3,(H2,20,21,22,23). The molecule has 0 atom stereocenters. The largest absolute Gasteiger partial charge is 0.340 e. The highest BCUT2D eigenvalue weighted by Crippen LogP contribution is 2.23. The van der Waals surface area contributed by atoms with Crippen LogP contribution in [0, 0.1) is 13.8 Å². The van der Waals surface area contributed by atoms with Gasteiger partial charge in [-0.1, -0.05) is 34.1 Å². The van der Waals surface area contributed by atoms with Crippen molar-refractivity contribution in [2.75, 3.05) is 10.6 Å². The minimum atomic E-state index is 0.560. The highest BCUT2D eigenvalue weighted by molar-refractivity contribution is 9.10. The number of para-hydroxylation sites is 1. The van der Waals surface area contributed by atoms with Gasteiger partial charge < -0.3 is 10.6 Å². The van der Waals surface area contributed by atoms with E-state index in [4.69, 9.17) is 0 Å². The third-order valence-electron chi connectivity index (χ3n) is 3.48. The predicted molar refractivity (Wildman–Crippen MR) is 98.7 cm³/mol. The van der Waals surface area contributed by atoms with Gasteiger partial charge in [0.2, 0.25) is 5.95 Å². The Balaban J connectivity index is 1.79. The van der Waals surface area contributed by atoms with Crippen LogP contribution < -0.4 is 10.6 Å². The monoisotopic (exact) mass is 368 g/mol. The molecule has 2 aromatic carbocycles. The molecule has 2 N–H and O–H groups in total. The lowest BCUT2D eigenvalue weighted by atomic mass is 10.2. The third-order valence-corrected chi connectivity index (χ3v) is 4.37. The number of aromatic nitrogens is 2. The van der Waals surface area contributed by atoms with Gasteiger partial charge in [0.05, 0.1) is 0 Å². The summed E-state index contributed by atoms with van der Waals surface area (Å²) in [6.07, 6.45) is 1.74. The number of hydrogen-bond donors (Lipinski definition) is 2. The van der Waals surface area contributed by atoms with Crippen LogP contribution in [0.1, 0.15) is 11.1 Å². The second-order valence-corrected chi connectivity index (χ2v) is 6.15. The molecule has 116 valence electrons. The molecular formula is C18H17BrN4. The fourth-order valence-corrected chi connectivity index (χ4v) is 2.44. The van der Waals surface area contributed by atoms with Crippen molar-refractivity contribution in [2.45, 2.75) is 13.8 Å². The topological polar surface area (TPSA) is 49.8 Å². The van der Waals surface area contributed by atoms with Crippen molar-refractivity contribution in [3.05, 3.63) is 70.3 Å². The molecule has 0 radical (unpaired) electrons. The van der Waals surface area contributed by atoms with Crippen LogP contribution in [0.15, 0.2) is 59.2 Å². The molecule has 0 spiro atoms. The van der Waals surface area contributed by atoms with Gasteiger partial charge in [-0.2, -0.15) is 4.98 Å². The van der Waals surface area contributed by atoms with Crippen LogP contribution in [0.2, 0.25) is 0 Å². The Kier molecular flexibility index (Phi) is 4.57. The molecular weight excluding hydrogens is 352 g/mol. The molecule has 1 heterocycles. The summed E-state index contributed by atoms with van der Waals surface area (Å²) in [6.45, 7) is 4.11. The number of nitrogens with one attached hydrogen (secondary N) is 2. The van der Waals surface area contributed by atoms with Crippen molar-refractivity contribution in [1.29, 1.82) is 0 Å². The molecule has 0 saturated heterocycles. The second-order valence-electron chi connectivity index (χ2n) is 5.29. The lowest BCUT2D eigenvalue weighted by Gasteiger charge is -2.10. The second kappa shape index (κ2) is 6.79. The average Bonchev–Trinajstić information content (AvgIpc) is 2.54. The molecule has 0 aliphatic rings.